The van der Waals surface area contributed by atoms with Crippen molar-refractivity contribution >= 4 is 35.2 Å². The van der Waals surface area contributed by atoms with E-state index in [2.05, 4.69) is 5.32 Å². The van der Waals surface area contributed by atoms with Gasteiger partial charge in [0.25, 0.3) is 17.7 Å². The molecule has 3 amide bonds. The first kappa shape index (κ1) is 21.6. The van der Waals surface area contributed by atoms with E-state index >= 15 is 0 Å². The number of carbonyl (C=O) groups is 3. The van der Waals surface area contributed by atoms with Crippen LogP contribution in [0.2, 0.25) is 0 Å². The van der Waals surface area contributed by atoms with E-state index in [9.17, 15) is 14.4 Å². The zero-order chi connectivity index (χ0) is 22.5. The number of benzene rings is 3. The quantitative estimate of drug-likeness (QED) is 0.308. The summed E-state index contributed by atoms with van der Waals surface area (Å²) in [7, 11) is 1.56. The lowest BCUT2D eigenvalue weighted by Crippen LogP contribution is -2.30. The van der Waals surface area contributed by atoms with Crippen LogP contribution in [-0.2, 0) is 0 Å². The van der Waals surface area contributed by atoms with Crippen LogP contribution in [0.4, 0.5) is 5.69 Å². The Kier molecular flexibility index (Phi) is 6.56. The van der Waals surface area contributed by atoms with Crippen LogP contribution in [0.15, 0.2) is 77.7 Å². The maximum atomic E-state index is 12.4. The predicted octanol–water partition coefficient (Wildman–Crippen LogP) is 4.73. The second-order valence-electron chi connectivity index (χ2n) is 7.22. The number of anilines is 1. The maximum absolute atomic E-state index is 12.4. The first-order valence-electron chi connectivity index (χ1n) is 10.2. The Labute approximate surface area is 190 Å². The molecule has 1 aliphatic heterocycles. The van der Waals surface area contributed by atoms with Crippen LogP contribution >= 0.6 is 11.8 Å². The summed E-state index contributed by atoms with van der Waals surface area (Å²) in [6.07, 6.45) is 0.699. The average molecular weight is 447 g/mol. The minimum atomic E-state index is -0.216. The van der Waals surface area contributed by atoms with Crippen molar-refractivity contribution in [3.8, 4) is 5.75 Å². The largest absolute Gasteiger partial charge is 0.497 e. The normalized spacial score (nSPS) is 12.6. The highest BCUT2D eigenvalue weighted by Gasteiger charge is 2.34. The molecular weight excluding hydrogens is 424 g/mol. The summed E-state index contributed by atoms with van der Waals surface area (Å²) in [6, 6.07) is 21.5. The number of nitrogens with one attached hydrogen (secondary N) is 1. The molecule has 4 rings (SSSR count). The van der Waals surface area contributed by atoms with Crippen molar-refractivity contribution < 1.29 is 19.1 Å². The van der Waals surface area contributed by atoms with Gasteiger partial charge in [-0.2, -0.15) is 0 Å². The molecule has 3 aromatic rings. The minimum Gasteiger partial charge on any atom is -0.497 e. The molecule has 0 atom stereocenters. The van der Waals surface area contributed by atoms with E-state index in [1.54, 1.807) is 67.4 Å². The third-order valence-electron chi connectivity index (χ3n) is 5.12. The van der Waals surface area contributed by atoms with E-state index in [1.807, 2.05) is 24.3 Å². The molecule has 0 aromatic heterocycles. The topological polar surface area (TPSA) is 75.7 Å². The van der Waals surface area contributed by atoms with Gasteiger partial charge < -0.3 is 10.1 Å². The SMILES string of the molecule is COc1cccc(C(=O)Nc2ccc(SCCCN3C(=O)c4ccccc4C3=O)cc2)c1. The minimum absolute atomic E-state index is 0.203. The number of carbonyl (C=O) groups excluding carboxylic acids is 3. The van der Waals surface area contributed by atoms with Gasteiger partial charge in [-0.05, 0) is 66.8 Å². The van der Waals surface area contributed by atoms with Crippen molar-refractivity contribution in [1.82, 2.24) is 4.90 Å². The van der Waals surface area contributed by atoms with E-state index in [-0.39, 0.29) is 17.7 Å². The highest BCUT2D eigenvalue weighted by molar-refractivity contribution is 7.99. The van der Waals surface area contributed by atoms with Crippen LogP contribution in [0, 0.1) is 0 Å². The van der Waals surface area contributed by atoms with Crippen LogP contribution in [0.25, 0.3) is 0 Å². The monoisotopic (exact) mass is 446 g/mol. The lowest BCUT2D eigenvalue weighted by Gasteiger charge is -2.13. The van der Waals surface area contributed by atoms with Gasteiger partial charge in [-0.15, -0.1) is 11.8 Å². The third kappa shape index (κ3) is 4.68. The van der Waals surface area contributed by atoms with Gasteiger partial charge in [-0.25, -0.2) is 0 Å². The number of hydrogen-bond donors (Lipinski definition) is 1. The van der Waals surface area contributed by atoms with Gasteiger partial charge >= 0.3 is 0 Å². The average Bonchev–Trinajstić information content (AvgIpc) is 3.07. The molecule has 0 unspecified atom stereocenters. The summed E-state index contributed by atoms with van der Waals surface area (Å²) in [5.41, 5.74) is 2.19. The fourth-order valence-corrected chi connectivity index (χ4v) is 4.29. The number of rotatable bonds is 8. The summed E-state index contributed by atoms with van der Waals surface area (Å²) in [5.74, 6) is 0.762. The number of fused-ring (bicyclic) bond motifs is 1. The van der Waals surface area contributed by atoms with Crippen LogP contribution in [0.5, 0.6) is 5.75 Å². The van der Waals surface area contributed by atoms with Crippen molar-refractivity contribution in [2.75, 3.05) is 24.7 Å². The van der Waals surface area contributed by atoms with Crippen molar-refractivity contribution in [3.05, 3.63) is 89.5 Å². The molecule has 32 heavy (non-hydrogen) atoms. The van der Waals surface area contributed by atoms with Crippen molar-refractivity contribution in [1.29, 1.82) is 0 Å². The molecule has 0 fully saturated rings. The lowest BCUT2D eigenvalue weighted by atomic mass is 10.1. The molecule has 3 aromatic carbocycles. The Morgan fingerprint density at radius 1 is 0.938 bits per heavy atom. The number of ether oxygens (including phenoxy) is 1. The molecule has 0 spiro atoms. The number of hydrogen-bond acceptors (Lipinski definition) is 5. The summed E-state index contributed by atoms with van der Waals surface area (Å²) >= 11 is 1.64. The molecule has 1 N–H and O–H groups in total. The first-order chi connectivity index (χ1) is 15.6. The van der Waals surface area contributed by atoms with Gasteiger partial charge in [0, 0.05) is 22.7 Å². The van der Waals surface area contributed by atoms with E-state index in [1.165, 1.54) is 4.90 Å². The van der Waals surface area contributed by atoms with Gasteiger partial charge in [0.05, 0.1) is 18.2 Å². The number of methoxy groups -OCH3 is 1. The zero-order valence-electron chi connectivity index (χ0n) is 17.5. The van der Waals surface area contributed by atoms with Crippen LogP contribution in [-0.4, -0.2) is 42.0 Å². The molecule has 7 heteroatoms. The predicted molar refractivity (Wildman–Crippen MR) is 125 cm³/mol. The summed E-state index contributed by atoms with van der Waals surface area (Å²) in [4.78, 5) is 39.6. The van der Waals surface area contributed by atoms with Crippen molar-refractivity contribution in [3.63, 3.8) is 0 Å². The molecule has 0 saturated carbocycles. The molecule has 162 valence electrons. The summed E-state index contributed by atoms with van der Waals surface area (Å²) in [5, 5.41) is 2.87. The molecule has 0 radical (unpaired) electrons. The van der Waals surface area contributed by atoms with Gasteiger partial charge in [-0.1, -0.05) is 18.2 Å². The highest BCUT2D eigenvalue weighted by Crippen LogP contribution is 2.25. The van der Waals surface area contributed by atoms with E-state index < -0.39 is 0 Å². The maximum Gasteiger partial charge on any atom is 0.261 e. The Morgan fingerprint density at radius 3 is 2.28 bits per heavy atom. The van der Waals surface area contributed by atoms with Crippen LogP contribution in [0.3, 0.4) is 0 Å². The van der Waals surface area contributed by atoms with Gasteiger partial charge in [-0.3, -0.25) is 19.3 Å². The molecule has 1 aliphatic rings. The third-order valence-corrected chi connectivity index (χ3v) is 6.22. The fraction of sp³-hybridized carbons (Fsp3) is 0.160. The lowest BCUT2D eigenvalue weighted by molar-refractivity contribution is 0.0654. The number of thioether (sulfide) groups is 1. The fourth-order valence-electron chi connectivity index (χ4n) is 3.46. The van der Waals surface area contributed by atoms with Gasteiger partial charge in [0.2, 0.25) is 0 Å². The number of nitrogens with zero attached hydrogens (tertiary/aromatic N) is 1. The molecule has 1 heterocycles. The van der Waals surface area contributed by atoms with E-state index in [0.717, 1.165) is 10.6 Å². The Balaban J connectivity index is 1.25. The summed E-state index contributed by atoms with van der Waals surface area (Å²) < 4.78 is 5.16. The Bertz CT molecular complexity index is 1130. The van der Waals surface area contributed by atoms with Crippen molar-refractivity contribution in [2.24, 2.45) is 0 Å². The number of amides is 3. The van der Waals surface area contributed by atoms with Crippen LogP contribution < -0.4 is 10.1 Å². The van der Waals surface area contributed by atoms with E-state index in [4.69, 9.17) is 4.74 Å². The molecule has 0 saturated heterocycles. The zero-order valence-corrected chi connectivity index (χ0v) is 18.4. The number of imide groups is 1. The van der Waals surface area contributed by atoms with Crippen molar-refractivity contribution in [2.45, 2.75) is 11.3 Å². The highest BCUT2D eigenvalue weighted by atomic mass is 32.2. The second-order valence-corrected chi connectivity index (χ2v) is 8.39. The first-order valence-corrected chi connectivity index (χ1v) is 11.2. The van der Waals surface area contributed by atoms with Gasteiger partial charge in [0.1, 0.15) is 5.75 Å². The molecule has 0 aliphatic carbocycles. The smallest absolute Gasteiger partial charge is 0.261 e. The Morgan fingerprint density at radius 2 is 1.62 bits per heavy atom. The second kappa shape index (κ2) is 9.70. The molecule has 6 nitrogen and oxygen atoms in total. The standard InChI is InChI=1S/C25H22N2O4S/c1-31-19-7-4-6-17(16-19)23(28)26-18-10-12-20(13-11-18)32-15-5-14-27-24(29)21-8-2-3-9-22(21)25(27)30/h2-4,6-13,16H,5,14-15H2,1H3,(H,26,28). The van der Waals surface area contributed by atoms with E-state index in [0.29, 0.717) is 41.1 Å². The van der Waals surface area contributed by atoms with Crippen LogP contribution in [0.1, 0.15) is 37.5 Å². The van der Waals surface area contributed by atoms with Gasteiger partial charge in [0.15, 0.2) is 0 Å². The Hall–Kier alpha value is -3.58. The summed E-state index contributed by atoms with van der Waals surface area (Å²) in [6.45, 7) is 0.397. The molecular formula is C25H22N2O4S. The molecule has 0 bridgehead atoms.